The number of nitrogens with zero attached hydrogens (tertiary/aromatic N) is 3. The lowest BCUT2D eigenvalue weighted by molar-refractivity contribution is 0.744. The molecule has 0 aliphatic rings. The number of halogens is 1. The third kappa shape index (κ3) is 2.17. The van der Waals surface area contributed by atoms with Gasteiger partial charge in [0.15, 0.2) is 4.77 Å². The van der Waals surface area contributed by atoms with E-state index in [0.29, 0.717) is 21.0 Å². The van der Waals surface area contributed by atoms with Gasteiger partial charge in [-0.2, -0.15) is 10.4 Å². The molecule has 0 aliphatic heterocycles. The minimum Gasteiger partial charge on any atom is -0.270 e. The van der Waals surface area contributed by atoms with Crippen LogP contribution < -0.4 is 0 Å². The van der Waals surface area contributed by atoms with Crippen LogP contribution in [0.25, 0.3) is 5.69 Å². The molecule has 92 valence electrons. The monoisotopic (exact) mass is 278 g/mol. The highest BCUT2D eigenvalue weighted by Gasteiger charge is 2.14. The van der Waals surface area contributed by atoms with Crippen LogP contribution in [0.5, 0.6) is 0 Å². The van der Waals surface area contributed by atoms with Crippen molar-refractivity contribution in [1.82, 2.24) is 14.8 Å². The van der Waals surface area contributed by atoms with E-state index < -0.39 is 0 Å². The van der Waals surface area contributed by atoms with Gasteiger partial charge in [-0.25, -0.2) is 0 Å². The SMILES string of the molecule is CC(C)c1n[nH]c(=S)n1-c1cc(C#N)ccc1Cl. The zero-order valence-corrected chi connectivity index (χ0v) is 11.5. The lowest BCUT2D eigenvalue weighted by atomic mass is 10.2. The molecule has 2 rings (SSSR count). The van der Waals surface area contributed by atoms with Crippen molar-refractivity contribution in [3.05, 3.63) is 39.4 Å². The molecule has 0 amide bonds. The summed E-state index contributed by atoms with van der Waals surface area (Å²) in [4.78, 5) is 0. The number of nitrogens with one attached hydrogen (secondary N) is 1. The summed E-state index contributed by atoms with van der Waals surface area (Å²) in [6, 6.07) is 7.16. The second kappa shape index (κ2) is 4.92. The summed E-state index contributed by atoms with van der Waals surface area (Å²) in [5.74, 6) is 0.983. The van der Waals surface area contributed by atoms with Crippen molar-refractivity contribution in [3.8, 4) is 11.8 Å². The molecule has 1 aromatic carbocycles. The van der Waals surface area contributed by atoms with Crippen molar-refractivity contribution in [2.75, 3.05) is 0 Å². The Kier molecular flexibility index (Phi) is 3.50. The number of nitriles is 1. The Balaban J connectivity index is 2.73. The normalized spacial score (nSPS) is 10.6. The van der Waals surface area contributed by atoms with E-state index in [4.69, 9.17) is 29.1 Å². The van der Waals surface area contributed by atoms with Crippen LogP contribution in [-0.4, -0.2) is 14.8 Å². The summed E-state index contributed by atoms with van der Waals surface area (Å²) in [5, 5.41) is 16.4. The van der Waals surface area contributed by atoms with E-state index in [9.17, 15) is 0 Å². The summed E-state index contributed by atoms with van der Waals surface area (Å²) in [6.07, 6.45) is 0. The quantitative estimate of drug-likeness (QED) is 0.854. The van der Waals surface area contributed by atoms with Crippen LogP contribution in [0.15, 0.2) is 18.2 Å². The Hall–Kier alpha value is -1.64. The van der Waals surface area contributed by atoms with Crippen LogP contribution in [0.4, 0.5) is 0 Å². The molecule has 0 unspecified atom stereocenters. The smallest absolute Gasteiger partial charge is 0.199 e. The molecule has 0 saturated carbocycles. The molecule has 2 aromatic rings. The van der Waals surface area contributed by atoms with Gasteiger partial charge in [-0.1, -0.05) is 25.4 Å². The van der Waals surface area contributed by atoms with Crippen molar-refractivity contribution in [1.29, 1.82) is 5.26 Å². The second-order valence-corrected chi connectivity index (χ2v) is 4.95. The molecule has 6 heteroatoms. The first-order valence-electron chi connectivity index (χ1n) is 5.42. The fourth-order valence-corrected chi connectivity index (χ4v) is 2.12. The molecule has 1 aromatic heterocycles. The first-order valence-corrected chi connectivity index (χ1v) is 6.20. The first-order chi connectivity index (χ1) is 8.54. The minimum absolute atomic E-state index is 0.194. The number of benzene rings is 1. The van der Waals surface area contributed by atoms with Gasteiger partial charge in [0.05, 0.1) is 22.3 Å². The fraction of sp³-hybridized carbons (Fsp3) is 0.250. The highest BCUT2D eigenvalue weighted by atomic mass is 35.5. The van der Waals surface area contributed by atoms with E-state index in [2.05, 4.69) is 16.3 Å². The predicted octanol–water partition coefficient (Wildman–Crippen LogP) is 3.58. The number of rotatable bonds is 2. The molecule has 18 heavy (non-hydrogen) atoms. The van der Waals surface area contributed by atoms with E-state index in [0.717, 1.165) is 5.82 Å². The third-order valence-corrected chi connectivity index (χ3v) is 3.12. The van der Waals surface area contributed by atoms with E-state index in [1.165, 1.54) is 0 Å². The van der Waals surface area contributed by atoms with Crippen LogP contribution >= 0.6 is 23.8 Å². The molecule has 1 N–H and O–H groups in total. The summed E-state index contributed by atoms with van der Waals surface area (Å²) < 4.78 is 2.24. The summed E-state index contributed by atoms with van der Waals surface area (Å²) in [6.45, 7) is 4.03. The molecule has 0 atom stereocenters. The standard InChI is InChI=1S/C12H11ClN4S/c1-7(2)11-15-16-12(18)17(11)10-5-8(6-14)3-4-9(10)13/h3-5,7H,1-2H3,(H,16,18). The van der Waals surface area contributed by atoms with Gasteiger partial charge in [0.1, 0.15) is 5.82 Å². The minimum atomic E-state index is 0.194. The van der Waals surface area contributed by atoms with Gasteiger partial charge in [-0.3, -0.25) is 9.67 Å². The van der Waals surface area contributed by atoms with E-state index in [1.807, 2.05) is 13.8 Å². The van der Waals surface area contributed by atoms with Gasteiger partial charge in [-0.05, 0) is 30.4 Å². The van der Waals surface area contributed by atoms with Gasteiger partial charge >= 0.3 is 0 Å². The molecule has 0 spiro atoms. The Morgan fingerprint density at radius 2 is 2.22 bits per heavy atom. The highest BCUT2D eigenvalue weighted by molar-refractivity contribution is 7.71. The second-order valence-electron chi connectivity index (χ2n) is 4.16. The van der Waals surface area contributed by atoms with Crippen LogP contribution in [-0.2, 0) is 0 Å². The van der Waals surface area contributed by atoms with E-state index in [1.54, 1.807) is 22.8 Å². The molecule has 0 fully saturated rings. The van der Waals surface area contributed by atoms with Gasteiger partial charge in [0.2, 0.25) is 0 Å². The molecule has 1 heterocycles. The van der Waals surface area contributed by atoms with Gasteiger partial charge < -0.3 is 0 Å². The average molecular weight is 279 g/mol. The van der Waals surface area contributed by atoms with Gasteiger partial charge in [-0.15, -0.1) is 0 Å². The molecular weight excluding hydrogens is 268 g/mol. The van der Waals surface area contributed by atoms with Crippen molar-refractivity contribution >= 4 is 23.8 Å². The molecule has 0 radical (unpaired) electrons. The molecule has 4 nitrogen and oxygen atoms in total. The Morgan fingerprint density at radius 1 is 1.50 bits per heavy atom. The fourth-order valence-electron chi connectivity index (χ4n) is 1.68. The topological polar surface area (TPSA) is 57.4 Å². The Bertz CT molecular complexity index is 678. The summed E-state index contributed by atoms with van der Waals surface area (Å²) in [5.41, 5.74) is 1.21. The number of hydrogen-bond donors (Lipinski definition) is 1. The lowest BCUT2D eigenvalue weighted by Gasteiger charge is -2.10. The number of aromatic amines is 1. The van der Waals surface area contributed by atoms with Crippen LogP contribution in [0.2, 0.25) is 5.02 Å². The predicted molar refractivity (Wildman–Crippen MR) is 72.6 cm³/mol. The lowest BCUT2D eigenvalue weighted by Crippen LogP contribution is -2.04. The maximum atomic E-state index is 8.95. The van der Waals surface area contributed by atoms with E-state index in [-0.39, 0.29) is 5.92 Å². The largest absolute Gasteiger partial charge is 0.270 e. The van der Waals surface area contributed by atoms with Crippen molar-refractivity contribution in [3.63, 3.8) is 0 Å². The number of aromatic nitrogens is 3. The first kappa shape index (κ1) is 12.8. The number of H-pyrrole nitrogens is 1. The van der Waals surface area contributed by atoms with Crippen molar-refractivity contribution in [2.24, 2.45) is 0 Å². The van der Waals surface area contributed by atoms with Gasteiger partial charge in [0, 0.05) is 5.92 Å². The highest BCUT2D eigenvalue weighted by Crippen LogP contribution is 2.25. The third-order valence-electron chi connectivity index (χ3n) is 2.53. The number of hydrogen-bond acceptors (Lipinski definition) is 3. The molecule has 0 aliphatic carbocycles. The maximum absolute atomic E-state index is 8.95. The zero-order chi connectivity index (χ0) is 13.3. The maximum Gasteiger partial charge on any atom is 0.199 e. The Morgan fingerprint density at radius 3 is 2.83 bits per heavy atom. The van der Waals surface area contributed by atoms with Crippen LogP contribution in [0, 0.1) is 16.1 Å². The van der Waals surface area contributed by atoms with Crippen LogP contribution in [0.1, 0.15) is 31.2 Å². The Labute approximate surface area is 115 Å². The molecule has 0 saturated heterocycles. The van der Waals surface area contributed by atoms with Gasteiger partial charge in [0.25, 0.3) is 0 Å². The average Bonchev–Trinajstić information content (AvgIpc) is 2.72. The summed E-state index contributed by atoms with van der Waals surface area (Å²) in [7, 11) is 0. The van der Waals surface area contributed by atoms with Crippen molar-refractivity contribution < 1.29 is 0 Å². The van der Waals surface area contributed by atoms with E-state index >= 15 is 0 Å². The van der Waals surface area contributed by atoms with Crippen LogP contribution in [0.3, 0.4) is 0 Å². The molecule has 0 bridgehead atoms. The molecular formula is C12H11ClN4S. The zero-order valence-electron chi connectivity index (χ0n) is 9.94. The summed E-state index contributed by atoms with van der Waals surface area (Å²) >= 11 is 11.4. The van der Waals surface area contributed by atoms with Crippen molar-refractivity contribution in [2.45, 2.75) is 19.8 Å².